The van der Waals surface area contributed by atoms with Gasteiger partial charge in [0, 0.05) is 17.9 Å². The molecule has 28 heavy (non-hydrogen) atoms. The van der Waals surface area contributed by atoms with Gasteiger partial charge in [-0.05, 0) is 29.8 Å². The summed E-state index contributed by atoms with van der Waals surface area (Å²) in [4.78, 5) is 17.1. The average molecular weight is 392 g/mol. The van der Waals surface area contributed by atoms with Crippen LogP contribution in [0.3, 0.4) is 0 Å². The summed E-state index contributed by atoms with van der Waals surface area (Å²) >= 11 is 1.52. The van der Waals surface area contributed by atoms with Crippen LogP contribution in [0.5, 0.6) is 11.5 Å². The number of phenols is 1. The molecule has 2 aromatic heterocycles. The third-order valence-corrected chi connectivity index (χ3v) is 5.90. The molecule has 0 radical (unpaired) electrons. The molecule has 5 rings (SSSR count). The van der Waals surface area contributed by atoms with Crippen molar-refractivity contribution in [1.29, 1.82) is 0 Å². The summed E-state index contributed by atoms with van der Waals surface area (Å²) < 4.78 is 7.96. The lowest BCUT2D eigenvalue weighted by Crippen LogP contribution is -2.24. The molecule has 1 atom stereocenters. The first-order chi connectivity index (χ1) is 13.6. The van der Waals surface area contributed by atoms with Gasteiger partial charge in [-0.1, -0.05) is 29.5 Å². The molecule has 2 N–H and O–H groups in total. The van der Waals surface area contributed by atoms with Crippen molar-refractivity contribution >= 4 is 33.3 Å². The Morgan fingerprint density at radius 2 is 2.14 bits per heavy atom. The second-order valence-corrected chi connectivity index (χ2v) is 7.57. The number of rotatable bonds is 3. The lowest BCUT2D eigenvalue weighted by Gasteiger charge is -2.23. The summed E-state index contributed by atoms with van der Waals surface area (Å²) in [7, 11) is 1.50. The SMILES string of the molecule is COc1cc([C@@H]2CC(=O)Nc3c2cnn3-c2nc3ccccc3s2)ccc1O. The van der Waals surface area contributed by atoms with E-state index in [1.54, 1.807) is 29.1 Å². The van der Waals surface area contributed by atoms with Gasteiger partial charge in [-0.2, -0.15) is 9.78 Å². The molecule has 3 heterocycles. The minimum Gasteiger partial charge on any atom is -0.504 e. The van der Waals surface area contributed by atoms with Crippen molar-refractivity contribution in [3.8, 4) is 16.6 Å². The van der Waals surface area contributed by atoms with Gasteiger partial charge in [0.15, 0.2) is 11.5 Å². The Balaban J connectivity index is 1.62. The summed E-state index contributed by atoms with van der Waals surface area (Å²) in [6, 6.07) is 13.0. The molecule has 0 saturated carbocycles. The second kappa shape index (κ2) is 6.35. The van der Waals surface area contributed by atoms with Crippen molar-refractivity contribution in [2.45, 2.75) is 12.3 Å². The molecule has 1 aliphatic heterocycles. The number of anilines is 1. The number of fused-ring (bicyclic) bond motifs is 2. The van der Waals surface area contributed by atoms with Crippen LogP contribution in [-0.2, 0) is 4.79 Å². The Morgan fingerprint density at radius 3 is 2.96 bits per heavy atom. The van der Waals surface area contributed by atoms with E-state index in [0.717, 1.165) is 21.3 Å². The number of phenolic OH excluding ortho intramolecular Hbond substituents is 1. The maximum absolute atomic E-state index is 12.4. The van der Waals surface area contributed by atoms with Crippen molar-refractivity contribution in [3.63, 3.8) is 0 Å². The van der Waals surface area contributed by atoms with Crippen molar-refractivity contribution in [2.75, 3.05) is 12.4 Å². The fraction of sp³-hybridized carbons (Fsp3) is 0.150. The van der Waals surface area contributed by atoms with Gasteiger partial charge in [0.2, 0.25) is 11.0 Å². The number of ether oxygens (including phenoxy) is 1. The molecule has 0 spiro atoms. The average Bonchev–Trinajstić information content (AvgIpc) is 3.31. The monoisotopic (exact) mass is 392 g/mol. The van der Waals surface area contributed by atoms with Gasteiger partial charge in [-0.25, -0.2) is 4.98 Å². The molecular formula is C20H16N4O3S. The molecule has 2 aromatic carbocycles. The highest BCUT2D eigenvalue weighted by atomic mass is 32.1. The Hall–Kier alpha value is -3.39. The van der Waals surface area contributed by atoms with Gasteiger partial charge >= 0.3 is 0 Å². The number of nitrogens with one attached hydrogen (secondary N) is 1. The first-order valence-electron chi connectivity index (χ1n) is 8.74. The van der Waals surface area contributed by atoms with Gasteiger partial charge in [-0.3, -0.25) is 4.79 Å². The lowest BCUT2D eigenvalue weighted by molar-refractivity contribution is -0.116. The second-order valence-electron chi connectivity index (χ2n) is 6.56. The van der Waals surface area contributed by atoms with Crippen LogP contribution in [0, 0.1) is 0 Å². The number of carbonyl (C=O) groups excluding carboxylic acids is 1. The number of thiazole rings is 1. The number of aromatic hydroxyl groups is 1. The van der Waals surface area contributed by atoms with E-state index in [0.29, 0.717) is 23.1 Å². The van der Waals surface area contributed by atoms with Crippen molar-refractivity contribution in [1.82, 2.24) is 14.8 Å². The van der Waals surface area contributed by atoms with E-state index in [-0.39, 0.29) is 17.6 Å². The van der Waals surface area contributed by atoms with Gasteiger partial charge in [-0.15, -0.1) is 0 Å². The van der Waals surface area contributed by atoms with Crippen LogP contribution in [0.15, 0.2) is 48.7 Å². The number of carbonyl (C=O) groups is 1. The third-order valence-electron chi connectivity index (χ3n) is 4.89. The fourth-order valence-electron chi connectivity index (χ4n) is 3.52. The Morgan fingerprint density at radius 1 is 1.29 bits per heavy atom. The van der Waals surface area contributed by atoms with Crippen LogP contribution in [0.4, 0.5) is 5.82 Å². The number of para-hydroxylation sites is 1. The Labute approximate surface area is 164 Å². The molecule has 0 unspecified atom stereocenters. The molecule has 1 amide bonds. The minimum absolute atomic E-state index is 0.0666. The molecule has 0 bridgehead atoms. The number of benzene rings is 2. The van der Waals surface area contributed by atoms with E-state index in [1.165, 1.54) is 18.4 Å². The van der Waals surface area contributed by atoms with Gasteiger partial charge in [0.05, 0.1) is 23.5 Å². The number of methoxy groups -OCH3 is 1. The maximum atomic E-state index is 12.4. The number of nitrogens with zero attached hydrogens (tertiary/aromatic N) is 3. The Bertz CT molecular complexity index is 1180. The van der Waals surface area contributed by atoms with E-state index >= 15 is 0 Å². The number of hydrogen-bond donors (Lipinski definition) is 2. The highest BCUT2D eigenvalue weighted by Gasteiger charge is 2.31. The summed E-state index contributed by atoms with van der Waals surface area (Å²) in [6.07, 6.45) is 2.07. The zero-order chi connectivity index (χ0) is 19.3. The zero-order valence-electron chi connectivity index (χ0n) is 14.9. The molecule has 7 nitrogen and oxygen atoms in total. The molecule has 1 aliphatic rings. The maximum Gasteiger partial charge on any atom is 0.226 e. The predicted molar refractivity (Wildman–Crippen MR) is 106 cm³/mol. The first-order valence-corrected chi connectivity index (χ1v) is 9.56. The van der Waals surface area contributed by atoms with Crippen LogP contribution >= 0.6 is 11.3 Å². The first kappa shape index (κ1) is 16.8. The lowest BCUT2D eigenvalue weighted by atomic mass is 9.87. The largest absolute Gasteiger partial charge is 0.504 e. The zero-order valence-corrected chi connectivity index (χ0v) is 15.7. The molecule has 0 fully saturated rings. The molecule has 0 saturated heterocycles. The third kappa shape index (κ3) is 2.61. The molecule has 140 valence electrons. The van der Waals surface area contributed by atoms with E-state index in [4.69, 9.17) is 4.74 Å². The topological polar surface area (TPSA) is 89.3 Å². The van der Waals surface area contributed by atoms with Crippen LogP contribution in [0.25, 0.3) is 15.3 Å². The quantitative estimate of drug-likeness (QED) is 0.555. The fourth-order valence-corrected chi connectivity index (χ4v) is 4.45. The van der Waals surface area contributed by atoms with Gasteiger partial charge in [0.1, 0.15) is 5.82 Å². The summed E-state index contributed by atoms with van der Waals surface area (Å²) in [5.74, 6) is 0.807. The number of amides is 1. The molecule has 0 aliphatic carbocycles. The Kier molecular flexibility index (Phi) is 3.80. The van der Waals surface area contributed by atoms with Crippen LogP contribution in [-0.4, -0.2) is 32.9 Å². The van der Waals surface area contributed by atoms with Gasteiger partial charge in [0.25, 0.3) is 0 Å². The highest BCUT2D eigenvalue weighted by Crippen LogP contribution is 2.41. The molecule has 4 aromatic rings. The van der Waals surface area contributed by atoms with Crippen molar-refractivity contribution in [3.05, 3.63) is 59.8 Å². The van der Waals surface area contributed by atoms with E-state index in [2.05, 4.69) is 15.4 Å². The van der Waals surface area contributed by atoms with Crippen LogP contribution < -0.4 is 10.1 Å². The normalized spacial score (nSPS) is 16.0. The van der Waals surface area contributed by atoms with E-state index in [1.807, 2.05) is 24.3 Å². The molecule has 8 heteroatoms. The van der Waals surface area contributed by atoms with Crippen molar-refractivity contribution in [2.24, 2.45) is 0 Å². The standard InChI is InChI=1S/C20H16N4O3S/c1-27-16-8-11(6-7-15(16)25)12-9-18(26)23-19-13(12)10-21-24(19)20-22-14-4-2-3-5-17(14)28-20/h2-8,10,12,25H,9H2,1H3,(H,23,26)/t12-/m0/s1. The number of hydrogen-bond acceptors (Lipinski definition) is 6. The smallest absolute Gasteiger partial charge is 0.226 e. The van der Waals surface area contributed by atoms with E-state index < -0.39 is 0 Å². The number of aromatic nitrogens is 3. The van der Waals surface area contributed by atoms with Gasteiger partial charge < -0.3 is 15.2 Å². The van der Waals surface area contributed by atoms with Crippen molar-refractivity contribution < 1.29 is 14.6 Å². The predicted octanol–water partition coefficient (Wildman–Crippen LogP) is 3.67. The van der Waals surface area contributed by atoms with E-state index in [9.17, 15) is 9.90 Å². The van der Waals surface area contributed by atoms with Crippen LogP contribution in [0.2, 0.25) is 0 Å². The minimum atomic E-state index is -0.179. The summed E-state index contributed by atoms with van der Waals surface area (Å²) in [5.41, 5.74) is 2.69. The molecular weight excluding hydrogens is 376 g/mol. The summed E-state index contributed by atoms with van der Waals surface area (Å²) in [6.45, 7) is 0. The summed E-state index contributed by atoms with van der Waals surface area (Å²) in [5, 5.41) is 18.0. The highest BCUT2D eigenvalue weighted by molar-refractivity contribution is 7.20. The van der Waals surface area contributed by atoms with Crippen LogP contribution in [0.1, 0.15) is 23.5 Å².